The van der Waals surface area contributed by atoms with E-state index < -0.39 is 59.8 Å². The van der Waals surface area contributed by atoms with Crippen LogP contribution >= 0.6 is 0 Å². The van der Waals surface area contributed by atoms with Crippen LogP contribution in [0.1, 0.15) is 142 Å². The molecule has 13 heteroatoms. The molecule has 1 fully saturated rings. The van der Waals surface area contributed by atoms with Crippen molar-refractivity contribution in [1.82, 2.24) is 0 Å². The minimum Gasteiger partial charge on any atom is -0.457 e. The summed E-state index contributed by atoms with van der Waals surface area (Å²) >= 11 is 0. The second-order valence-corrected chi connectivity index (χ2v) is 17.7. The fraction of sp³-hybridized carbons (Fsp3) is 0.561. The zero-order valence-electron chi connectivity index (χ0n) is 42.3. The Morgan fingerprint density at radius 1 is 0.543 bits per heavy atom. The van der Waals surface area contributed by atoms with Gasteiger partial charge in [-0.25, -0.2) is 4.18 Å². The Kier molecular flexibility index (Phi) is 42.1. The number of hydrogen-bond donors (Lipinski definition) is 4. The number of carbonyl (C=O) groups is 1. The number of esters is 1. The van der Waals surface area contributed by atoms with E-state index in [4.69, 9.17) is 18.9 Å². The number of carbonyl (C=O) groups excluding carboxylic acids is 1. The standard InChI is InChI=1S/C57H88O12S/c1-3-5-7-9-11-13-15-17-19-21-23-25-26-27-28-30-32-34-36-38-40-42-44-46-53(59)67-51(50-66-57-55(61)56(69-70(62,63)64)54(60)52(48-58)68-57)49-65-47-45-43-41-39-37-35-33-31-29-24-22-20-18-16-14-12-10-8-6-4-2/h5-8,11-14,17-20,23-25,27-29,32-35,39,41,51-52,54-58,60-61H,3-4,9-10,15-16,21-22,26,30-31,36-38,40,42-50H2,1-2H3,(H,62,63,64)/b7-5-,8-6-,13-11-,14-12-,19-17-,20-18-,25-23-,28-27-,29-24-,34-32-,35-33-,41-39-. The minimum atomic E-state index is -5.09. The number of ether oxygens (including phenoxy) is 4. The molecule has 12 nitrogen and oxygen atoms in total. The van der Waals surface area contributed by atoms with E-state index >= 15 is 0 Å². The molecule has 0 aromatic heterocycles. The van der Waals surface area contributed by atoms with Gasteiger partial charge in [-0.1, -0.05) is 173 Å². The molecule has 1 heterocycles. The molecule has 0 spiro atoms. The van der Waals surface area contributed by atoms with Gasteiger partial charge in [0.1, 0.15) is 30.5 Å². The molecule has 4 N–H and O–H groups in total. The molecule has 6 atom stereocenters. The average Bonchev–Trinajstić information content (AvgIpc) is 3.34. The quantitative estimate of drug-likeness (QED) is 0.0197. The summed E-state index contributed by atoms with van der Waals surface area (Å²) < 4.78 is 59.1. The van der Waals surface area contributed by atoms with Crippen molar-refractivity contribution in [2.75, 3.05) is 26.4 Å². The Morgan fingerprint density at radius 3 is 1.36 bits per heavy atom. The lowest BCUT2D eigenvalue weighted by Gasteiger charge is -2.41. The molecule has 0 amide bonds. The molecule has 70 heavy (non-hydrogen) atoms. The summed E-state index contributed by atoms with van der Waals surface area (Å²) in [4.78, 5) is 12.9. The van der Waals surface area contributed by atoms with E-state index in [1.54, 1.807) is 0 Å². The lowest BCUT2D eigenvalue weighted by molar-refractivity contribution is -0.301. The van der Waals surface area contributed by atoms with Gasteiger partial charge < -0.3 is 34.3 Å². The predicted molar refractivity (Wildman–Crippen MR) is 284 cm³/mol. The third-order valence-corrected chi connectivity index (χ3v) is 10.9. The van der Waals surface area contributed by atoms with Crippen molar-refractivity contribution in [3.05, 3.63) is 146 Å². The maximum atomic E-state index is 12.9. The molecular weight excluding hydrogens is 909 g/mol. The minimum absolute atomic E-state index is 0.0265. The third kappa shape index (κ3) is 38.7. The Balaban J connectivity index is 2.46. The zero-order valence-corrected chi connectivity index (χ0v) is 43.1. The first-order valence-corrected chi connectivity index (χ1v) is 27.0. The van der Waals surface area contributed by atoms with E-state index in [0.717, 1.165) is 116 Å². The highest BCUT2D eigenvalue weighted by Gasteiger charge is 2.48. The van der Waals surface area contributed by atoms with E-state index in [0.29, 0.717) is 13.0 Å². The first-order valence-electron chi connectivity index (χ1n) is 25.6. The van der Waals surface area contributed by atoms with Gasteiger partial charge in [0.25, 0.3) is 0 Å². The number of rotatable bonds is 42. The van der Waals surface area contributed by atoms with Crippen LogP contribution in [0.2, 0.25) is 0 Å². The van der Waals surface area contributed by atoms with Crippen LogP contribution in [0.5, 0.6) is 0 Å². The Bertz CT molecular complexity index is 1770. The van der Waals surface area contributed by atoms with Gasteiger partial charge in [0, 0.05) is 13.0 Å². The van der Waals surface area contributed by atoms with Gasteiger partial charge in [-0.05, 0) is 109 Å². The van der Waals surface area contributed by atoms with Gasteiger partial charge in [-0.3, -0.25) is 9.35 Å². The summed E-state index contributed by atoms with van der Waals surface area (Å²) in [6, 6.07) is 0. The molecule has 1 aliphatic heterocycles. The van der Waals surface area contributed by atoms with Gasteiger partial charge in [-0.15, -0.1) is 0 Å². The van der Waals surface area contributed by atoms with E-state index in [9.17, 15) is 33.1 Å². The molecule has 6 unspecified atom stereocenters. The van der Waals surface area contributed by atoms with E-state index in [-0.39, 0.29) is 19.6 Å². The molecule has 0 saturated carbocycles. The zero-order chi connectivity index (χ0) is 51.0. The summed E-state index contributed by atoms with van der Waals surface area (Å²) in [5.74, 6) is -0.450. The van der Waals surface area contributed by atoms with Crippen LogP contribution in [0, 0.1) is 0 Å². The number of aliphatic hydroxyl groups is 3. The maximum Gasteiger partial charge on any atom is 0.397 e. The van der Waals surface area contributed by atoms with Crippen molar-refractivity contribution in [2.24, 2.45) is 0 Å². The third-order valence-electron chi connectivity index (χ3n) is 10.5. The van der Waals surface area contributed by atoms with Crippen molar-refractivity contribution in [3.63, 3.8) is 0 Å². The van der Waals surface area contributed by atoms with Gasteiger partial charge in [0.05, 0.1) is 19.8 Å². The highest BCUT2D eigenvalue weighted by atomic mass is 32.3. The lowest BCUT2D eigenvalue weighted by Crippen LogP contribution is -2.60. The highest BCUT2D eigenvalue weighted by molar-refractivity contribution is 7.80. The van der Waals surface area contributed by atoms with Crippen LogP contribution in [0.25, 0.3) is 0 Å². The van der Waals surface area contributed by atoms with Crippen LogP contribution in [0.3, 0.4) is 0 Å². The number of unbranched alkanes of at least 4 members (excludes halogenated alkanes) is 5. The van der Waals surface area contributed by atoms with Crippen LogP contribution < -0.4 is 0 Å². The van der Waals surface area contributed by atoms with Crippen molar-refractivity contribution in [3.8, 4) is 0 Å². The second kappa shape index (κ2) is 46.1. The first kappa shape index (κ1) is 64.0. The van der Waals surface area contributed by atoms with E-state index in [1.165, 1.54) is 0 Å². The maximum absolute atomic E-state index is 12.9. The SMILES string of the molecule is CC/C=C\C/C=C\C/C=C\C/C=C\C/C=C\C/C=C\CCCCCCC(=O)OC(COCCC/C=C\C/C=C\C/C=C\C/C=C\C/C=C\C/C=C\CC)COC1OC(CO)C(O)C(OS(=O)(=O)O)C1O. The monoisotopic (exact) mass is 997 g/mol. The summed E-state index contributed by atoms with van der Waals surface area (Å²) in [6.45, 7) is 3.54. The molecule has 1 rings (SSSR count). The smallest absolute Gasteiger partial charge is 0.397 e. The Morgan fingerprint density at radius 2 is 0.943 bits per heavy atom. The largest absolute Gasteiger partial charge is 0.457 e. The molecule has 394 valence electrons. The summed E-state index contributed by atoms with van der Waals surface area (Å²) in [5, 5.41) is 30.8. The van der Waals surface area contributed by atoms with E-state index in [1.807, 2.05) is 0 Å². The fourth-order valence-corrected chi connectivity index (χ4v) is 7.20. The lowest BCUT2D eigenvalue weighted by atomic mass is 9.99. The summed E-state index contributed by atoms with van der Waals surface area (Å²) in [5.41, 5.74) is 0. The van der Waals surface area contributed by atoms with Crippen molar-refractivity contribution in [1.29, 1.82) is 0 Å². The molecule has 0 aromatic rings. The van der Waals surface area contributed by atoms with Crippen LogP contribution in [-0.4, -0.2) is 97.5 Å². The first-order chi connectivity index (χ1) is 34.1. The second-order valence-electron chi connectivity index (χ2n) is 16.6. The van der Waals surface area contributed by atoms with Crippen LogP contribution in [0.15, 0.2) is 146 Å². The summed E-state index contributed by atoms with van der Waals surface area (Å²) in [6.07, 6.45) is 60.3. The van der Waals surface area contributed by atoms with Gasteiger partial charge >= 0.3 is 16.4 Å². The van der Waals surface area contributed by atoms with Gasteiger partial charge in [0.15, 0.2) is 6.29 Å². The Hall–Kier alpha value is -4.02. The topological polar surface area (TPSA) is 178 Å². The average molecular weight is 997 g/mol. The van der Waals surface area contributed by atoms with Gasteiger partial charge in [-0.2, -0.15) is 8.42 Å². The van der Waals surface area contributed by atoms with Crippen molar-refractivity contribution in [2.45, 2.75) is 179 Å². The summed E-state index contributed by atoms with van der Waals surface area (Å²) in [7, 11) is -5.09. The molecule has 0 aromatic carbocycles. The molecule has 1 saturated heterocycles. The molecule has 0 aliphatic carbocycles. The molecule has 0 radical (unpaired) electrons. The normalized spacial score (nSPS) is 20.3. The molecular formula is C57H88O12S. The van der Waals surface area contributed by atoms with Crippen molar-refractivity contribution >= 4 is 16.4 Å². The molecule has 0 bridgehead atoms. The van der Waals surface area contributed by atoms with Gasteiger partial charge in [0.2, 0.25) is 0 Å². The van der Waals surface area contributed by atoms with E-state index in [2.05, 4.69) is 164 Å². The number of hydrogen-bond acceptors (Lipinski definition) is 11. The van der Waals surface area contributed by atoms with Crippen molar-refractivity contribution < 1.29 is 56.2 Å². The predicted octanol–water partition coefficient (Wildman–Crippen LogP) is 12.1. The molecule has 1 aliphatic rings. The number of allylic oxidation sites excluding steroid dienone is 24. The van der Waals surface area contributed by atoms with Crippen LogP contribution in [-0.2, 0) is 38.3 Å². The number of aliphatic hydroxyl groups excluding tert-OH is 3. The fourth-order valence-electron chi connectivity index (χ4n) is 6.69. The highest BCUT2D eigenvalue weighted by Crippen LogP contribution is 2.26. The Labute approximate surface area is 422 Å². The van der Waals surface area contributed by atoms with Crippen LogP contribution in [0.4, 0.5) is 0 Å².